The lowest BCUT2D eigenvalue weighted by molar-refractivity contribution is 0.113. The maximum Gasteiger partial charge on any atom is 0.166 e. The summed E-state index contributed by atoms with van der Waals surface area (Å²) in [6, 6.07) is 0. The third-order valence-electron chi connectivity index (χ3n) is 2.01. The summed E-state index contributed by atoms with van der Waals surface area (Å²) in [7, 11) is 0. The molecule has 0 amide bonds. The standard InChI is InChI=1S/C9H17ClN4O/c1-8(2)3-5-15-6-4-14-9(7-10)11-12-13-14/h8H,3-7H2,1-2H3. The van der Waals surface area contributed by atoms with Crippen molar-refractivity contribution in [2.24, 2.45) is 5.92 Å². The fraction of sp³-hybridized carbons (Fsp3) is 0.889. The Morgan fingerprint density at radius 3 is 2.87 bits per heavy atom. The molecule has 0 saturated heterocycles. The number of halogens is 1. The molecule has 0 unspecified atom stereocenters. The molecule has 0 atom stereocenters. The van der Waals surface area contributed by atoms with E-state index in [4.69, 9.17) is 16.3 Å². The number of hydrogen-bond donors (Lipinski definition) is 0. The molecule has 0 N–H and O–H groups in total. The molecule has 0 aromatic carbocycles. The predicted molar refractivity (Wildman–Crippen MR) is 57.6 cm³/mol. The van der Waals surface area contributed by atoms with Crippen LogP contribution < -0.4 is 0 Å². The molecule has 1 aromatic heterocycles. The summed E-state index contributed by atoms with van der Waals surface area (Å²) in [5.74, 6) is 1.69. The van der Waals surface area contributed by atoms with Crippen LogP contribution in [0.5, 0.6) is 0 Å². The second-order valence-corrected chi connectivity index (χ2v) is 4.01. The monoisotopic (exact) mass is 232 g/mol. The van der Waals surface area contributed by atoms with E-state index in [-0.39, 0.29) is 0 Å². The van der Waals surface area contributed by atoms with Crippen LogP contribution in [0.3, 0.4) is 0 Å². The molecule has 15 heavy (non-hydrogen) atoms. The van der Waals surface area contributed by atoms with Gasteiger partial charge in [0.2, 0.25) is 0 Å². The van der Waals surface area contributed by atoms with Crippen LogP contribution in [0.4, 0.5) is 0 Å². The van der Waals surface area contributed by atoms with Crippen LogP contribution in [0.25, 0.3) is 0 Å². The first-order valence-electron chi connectivity index (χ1n) is 5.12. The molecular formula is C9H17ClN4O. The zero-order chi connectivity index (χ0) is 11.1. The van der Waals surface area contributed by atoms with Gasteiger partial charge < -0.3 is 4.74 Å². The lowest BCUT2D eigenvalue weighted by Crippen LogP contribution is -2.11. The van der Waals surface area contributed by atoms with E-state index in [0.29, 0.717) is 30.8 Å². The minimum absolute atomic E-state index is 0.332. The van der Waals surface area contributed by atoms with Gasteiger partial charge in [-0.2, -0.15) is 0 Å². The van der Waals surface area contributed by atoms with Crippen molar-refractivity contribution in [1.82, 2.24) is 20.2 Å². The molecule has 6 heteroatoms. The van der Waals surface area contributed by atoms with Crippen molar-refractivity contribution in [3.8, 4) is 0 Å². The highest BCUT2D eigenvalue weighted by molar-refractivity contribution is 6.16. The zero-order valence-electron chi connectivity index (χ0n) is 9.19. The molecule has 0 aliphatic carbocycles. The summed E-state index contributed by atoms with van der Waals surface area (Å²) in [6.45, 7) is 6.43. The quantitative estimate of drug-likeness (QED) is 0.528. The van der Waals surface area contributed by atoms with Gasteiger partial charge in [-0.15, -0.1) is 16.7 Å². The lowest BCUT2D eigenvalue weighted by Gasteiger charge is -2.06. The Hall–Kier alpha value is -0.680. The van der Waals surface area contributed by atoms with Crippen molar-refractivity contribution >= 4 is 11.6 Å². The fourth-order valence-electron chi connectivity index (χ4n) is 1.06. The van der Waals surface area contributed by atoms with Gasteiger partial charge in [0.1, 0.15) is 0 Å². The molecular weight excluding hydrogens is 216 g/mol. The molecule has 0 fully saturated rings. The van der Waals surface area contributed by atoms with Crippen LogP contribution in [0.1, 0.15) is 26.1 Å². The number of tetrazole rings is 1. The minimum Gasteiger partial charge on any atom is -0.380 e. The summed E-state index contributed by atoms with van der Waals surface area (Å²) in [5.41, 5.74) is 0. The number of nitrogens with zero attached hydrogens (tertiary/aromatic N) is 4. The van der Waals surface area contributed by atoms with Crippen LogP contribution in [0.15, 0.2) is 0 Å². The van der Waals surface area contributed by atoms with E-state index in [1.165, 1.54) is 0 Å². The van der Waals surface area contributed by atoms with Gasteiger partial charge in [-0.3, -0.25) is 0 Å². The molecule has 0 saturated carbocycles. The van der Waals surface area contributed by atoms with Crippen molar-refractivity contribution in [3.63, 3.8) is 0 Å². The van der Waals surface area contributed by atoms with Gasteiger partial charge in [0, 0.05) is 6.61 Å². The Morgan fingerprint density at radius 2 is 2.20 bits per heavy atom. The van der Waals surface area contributed by atoms with Gasteiger partial charge in [0.15, 0.2) is 5.82 Å². The van der Waals surface area contributed by atoms with Crippen LogP contribution in [-0.2, 0) is 17.2 Å². The molecule has 1 aromatic rings. The first kappa shape index (κ1) is 12.4. The van der Waals surface area contributed by atoms with E-state index in [1.54, 1.807) is 4.68 Å². The second kappa shape index (κ2) is 6.74. The van der Waals surface area contributed by atoms with E-state index in [2.05, 4.69) is 29.4 Å². The van der Waals surface area contributed by atoms with Gasteiger partial charge in [0.05, 0.1) is 19.0 Å². The summed E-state index contributed by atoms with van der Waals surface area (Å²) in [5, 5.41) is 11.1. The van der Waals surface area contributed by atoms with Crippen molar-refractivity contribution < 1.29 is 4.74 Å². The Bertz CT molecular complexity index is 277. The number of hydrogen-bond acceptors (Lipinski definition) is 4. The molecule has 86 valence electrons. The SMILES string of the molecule is CC(C)CCOCCn1nnnc1CCl. The minimum atomic E-state index is 0.332. The summed E-state index contributed by atoms with van der Waals surface area (Å²) in [6.07, 6.45) is 1.08. The topological polar surface area (TPSA) is 52.8 Å². The van der Waals surface area contributed by atoms with Crippen LogP contribution in [-0.4, -0.2) is 33.4 Å². The van der Waals surface area contributed by atoms with Crippen LogP contribution >= 0.6 is 11.6 Å². The smallest absolute Gasteiger partial charge is 0.166 e. The van der Waals surface area contributed by atoms with Gasteiger partial charge in [-0.1, -0.05) is 13.8 Å². The third kappa shape index (κ3) is 4.57. The second-order valence-electron chi connectivity index (χ2n) is 3.75. The Kier molecular flexibility index (Phi) is 5.57. The highest BCUT2D eigenvalue weighted by Crippen LogP contribution is 2.00. The molecule has 0 aliphatic rings. The first-order valence-corrected chi connectivity index (χ1v) is 5.66. The predicted octanol–water partition coefficient (Wildman–Crippen LogP) is 1.47. The highest BCUT2D eigenvalue weighted by atomic mass is 35.5. The molecule has 1 heterocycles. The maximum atomic E-state index is 5.65. The normalized spacial score (nSPS) is 11.2. The van der Waals surface area contributed by atoms with E-state index in [1.807, 2.05) is 0 Å². The summed E-state index contributed by atoms with van der Waals surface area (Å²) in [4.78, 5) is 0. The van der Waals surface area contributed by atoms with Crippen LogP contribution in [0.2, 0.25) is 0 Å². The molecule has 0 radical (unpaired) electrons. The van der Waals surface area contributed by atoms with E-state index in [9.17, 15) is 0 Å². The molecule has 1 rings (SSSR count). The van der Waals surface area contributed by atoms with E-state index in [0.717, 1.165) is 13.0 Å². The zero-order valence-corrected chi connectivity index (χ0v) is 9.94. The Balaban J connectivity index is 2.15. The largest absolute Gasteiger partial charge is 0.380 e. The third-order valence-corrected chi connectivity index (χ3v) is 2.25. The number of rotatable bonds is 7. The van der Waals surface area contributed by atoms with Crippen LogP contribution in [0, 0.1) is 5.92 Å². The Labute approximate surface area is 94.8 Å². The van der Waals surface area contributed by atoms with E-state index >= 15 is 0 Å². The van der Waals surface area contributed by atoms with E-state index < -0.39 is 0 Å². The molecule has 0 aliphatic heterocycles. The Morgan fingerprint density at radius 1 is 1.40 bits per heavy atom. The fourth-order valence-corrected chi connectivity index (χ4v) is 1.26. The number of ether oxygens (including phenoxy) is 1. The summed E-state index contributed by atoms with van der Waals surface area (Å²) >= 11 is 5.65. The van der Waals surface area contributed by atoms with Gasteiger partial charge in [-0.25, -0.2) is 4.68 Å². The molecule has 0 bridgehead atoms. The van der Waals surface area contributed by atoms with Crippen molar-refractivity contribution in [1.29, 1.82) is 0 Å². The van der Waals surface area contributed by atoms with Gasteiger partial charge in [-0.05, 0) is 22.8 Å². The molecule has 5 nitrogen and oxygen atoms in total. The van der Waals surface area contributed by atoms with Gasteiger partial charge in [0.25, 0.3) is 0 Å². The highest BCUT2D eigenvalue weighted by Gasteiger charge is 2.03. The lowest BCUT2D eigenvalue weighted by atomic mass is 10.1. The average Bonchev–Trinajstić information content (AvgIpc) is 2.64. The van der Waals surface area contributed by atoms with Crippen molar-refractivity contribution in [3.05, 3.63) is 5.82 Å². The van der Waals surface area contributed by atoms with Gasteiger partial charge >= 0.3 is 0 Å². The number of alkyl halides is 1. The van der Waals surface area contributed by atoms with Crippen molar-refractivity contribution in [2.45, 2.75) is 32.7 Å². The maximum absolute atomic E-state index is 5.65. The first-order chi connectivity index (χ1) is 7.24. The molecule has 0 spiro atoms. The average molecular weight is 233 g/mol. The van der Waals surface area contributed by atoms with Crippen molar-refractivity contribution in [2.75, 3.05) is 13.2 Å². The number of aromatic nitrogens is 4. The summed E-state index contributed by atoms with van der Waals surface area (Å²) < 4.78 is 7.13.